The van der Waals surface area contributed by atoms with Crippen molar-refractivity contribution in [3.8, 4) is 5.69 Å². The van der Waals surface area contributed by atoms with Crippen molar-refractivity contribution in [1.82, 2.24) is 25.0 Å². The molecule has 0 fully saturated rings. The van der Waals surface area contributed by atoms with Crippen LogP contribution in [0.5, 0.6) is 0 Å². The molecular weight excluding hydrogens is 347 g/mol. The highest BCUT2D eigenvalue weighted by Gasteiger charge is 2.14. The lowest BCUT2D eigenvalue weighted by Crippen LogP contribution is -2.02. The lowest BCUT2D eigenvalue weighted by Gasteiger charge is -2.04. The Labute approximate surface area is 147 Å². The van der Waals surface area contributed by atoms with E-state index in [2.05, 4.69) is 34.1 Å². The second-order valence-electron chi connectivity index (χ2n) is 5.63. The average molecular weight is 364 g/mol. The molecule has 0 aliphatic rings. The molecule has 0 unspecified atom stereocenters. The number of nitrogens with two attached hydrogens (primary N) is 1. The molecule has 0 atom stereocenters. The molecule has 24 heavy (non-hydrogen) atoms. The summed E-state index contributed by atoms with van der Waals surface area (Å²) in [5.41, 5.74) is 6.39. The van der Waals surface area contributed by atoms with E-state index < -0.39 is 0 Å². The number of halogens is 1. The molecule has 0 radical (unpaired) electrons. The maximum absolute atomic E-state index is 13.2. The van der Waals surface area contributed by atoms with Crippen molar-refractivity contribution >= 4 is 28.2 Å². The van der Waals surface area contributed by atoms with Gasteiger partial charge < -0.3 is 5.73 Å². The van der Waals surface area contributed by atoms with Crippen molar-refractivity contribution in [3.05, 3.63) is 41.7 Å². The molecule has 0 aliphatic carbocycles. The van der Waals surface area contributed by atoms with Gasteiger partial charge in [-0.3, -0.25) is 0 Å². The monoisotopic (exact) mass is 364 g/mol. The number of aromatic nitrogens is 5. The SMILES string of the molecule is CC(C)Cc1nc(CSc2nnc(N)s2)n(-c2ccc(F)cc2)n1. The van der Waals surface area contributed by atoms with Gasteiger partial charge in [-0.1, -0.05) is 36.9 Å². The summed E-state index contributed by atoms with van der Waals surface area (Å²) < 4.78 is 15.7. The molecule has 0 saturated carbocycles. The second kappa shape index (κ2) is 7.27. The van der Waals surface area contributed by atoms with Crippen molar-refractivity contribution < 1.29 is 4.39 Å². The molecule has 1 aromatic carbocycles. The number of hydrogen-bond donors (Lipinski definition) is 1. The Kier molecular flexibility index (Phi) is 5.10. The first kappa shape index (κ1) is 16.8. The summed E-state index contributed by atoms with van der Waals surface area (Å²) in [5.74, 6) is 2.33. The topological polar surface area (TPSA) is 82.5 Å². The summed E-state index contributed by atoms with van der Waals surface area (Å²) in [6.07, 6.45) is 0.789. The van der Waals surface area contributed by atoms with Crippen LogP contribution in [0.15, 0.2) is 28.6 Å². The third-order valence-corrected chi connectivity index (χ3v) is 5.01. The smallest absolute Gasteiger partial charge is 0.203 e. The zero-order valence-corrected chi connectivity index (χ0v) is 14.9. The van der Waals surface area contributed by atoms with E-state index >= 15 is 0 Å². The Morgan fingerprint density at radius 1 is 1.25 bits per heavy atom. The minimum Gasteiger partial charge on any atom is -0.374 e. The van der Waals surface area contributed by atoms with Crippen LogP contribution >= 0.6 is 23.1 Å². The Morgan fingerprint density at radius 3 is 2.62 bits per heavy atom. The van der Waals surface area contributed by atoms with E-state index in [0.29, 0.717) is 16.8 Å². The van der Waals surface area contributed by atoms with Gasteiger partial charge in [0.05, 0.1) is 11.4 Å². The third kappa shape index (κ3) is 4.09. The third-order valence-electron chi connectivity index (χ3n) is 3.13. The van der Waals surface area contributed by atoms with E-state index in [1.165, 1.54) is 35.2 Å². The van der Waals surface area contributed by atoms with E-state index in [1.807, 2.05) is 0 Å². The predicted octanol–water partition coefficient (Wildman–Crippen LogP) is 3.33. The first-order valence-electron chi connectivity index (χ1n) is 7.44. The van der Waals surface area contributed by atoms with Crippen LogP contribution in [-0.4, -0.2) is 25.0 Å². The Bertz CT molecular complexity index is 812. The van der Waals surface area contributed by atoms with Crippen LogP contribution in [0, 0.1) is 11.7 Å². The summed E-state index contributed by atoms with van der Waals surface area (Å²) in [6.45, 7) is 4.24. The molecule has 0 amide bonds. The van der Waals surface area contributed by atoms with Crippen molar-refractivity contribution in [2.75, 3.05) is 5.73 Å². The fourth-order valence-corrected chi connectivity index (χ4v) is 3.68. The van der Waals surface area contributed by atoms with Gasteiger partial charge in [-0.2, -0.15) is 5.10 Å². The number of thioether (sulfide) groups is 1. The first-order chi connectivity index (χ1) is 11.5. The zero-order chi connectivity index (χ0) is 17.1. The summed E-state index contributed by atoms with van der Waals surface area (Å²) in [5, 5.41) is 12.8. The number of benzene rings is 1. The minimum absolute atomic E-state index is 0.276. The number of nitrogens with zero attached hydrogens (tertiary/aromatic N) is 5. The van der Waals surface area contributed by atoms with Crippen molar-refractivity contribution in [2.45, 2.75) is 30.4 Å². The highest BCUT2D eigenvalue weighted by Crippen LogP contribution is 2.27. The van der Waals surface area contributed by atoms with Crippen molar-refractivity contribution in [3.63, 3.8) is 0 Å². The maximum atomic E-state index is 13.2. The van der Waals surface area contributed by atoms with Crippen LogP contribution in [-0.2, 0) is 12.2 Å². The van der Waals surface area contributed by atoms with E-state index in [1.54, 1.807) is 16.8 Å². The highest BCUT2D eigenvalue weighted by atomic mass is 32.2. The van der Waals surface area contributed by atoms with Crippen LogP contribution in [0.1, 0.15) is 25.5 Å². The molecule has 0 saturated heterocycles. The lowest BCUT2D eigenvalue weighted by molar-refractivity contribution is 0.617. The maximum Gasteiger partial charge on any atom is 0.203 e. The van der Waals surface area contributed by atoms with Gasteiger partial charge in [0.25, 0.3) is 0 Å². The van der Waals surface area contributed by atoms with Gasteiger partial charge in [0.2, 0.25) is 5.13 Å². The van der Waals surface area contributed by atoms with Crippen molar-refractivity contribution in [1.29, 1.82) is 0 Å². The molecule has 3 rings (SSSR count). The molecule has 2 heterocycles. The fraction of sp³-hybridized carbons (Fsp3) is 0.333. The van der Waals surface area contributed by atoms with Gasteiger partial charge in [0, 0.05) is 6.42 Å². The van der Waals surface area contributed by atoms with Gasteiger partial charge >= 0.3 is 0 Å². The summed E-state index contributed by atoms with van der Waals surface area (Å²) in [6, 6.07) is 6.23. The molecular formula is C15H17FN6S2. The van der Waals surface area contributed by atoms with Gasteiger partial charge in [-0.05, 0) is 30.2 Å². The molecule has 3 aromatic rings. The molecule has 0 spiro atoms. The predicted molar refractivity (Wildman–Crippen MR) is 93.7 cm³/mol. The second-order valence-corrected chi connectivity index (χ2v) is 7.86. The lowest BCUT2D eigenvalue weighted by atomic mass is 10.1. The van der Waals surface area contributed by atoms with Crippen LogP contribution in [0.2, 0.25) is 0 Å². The van der Waals surface area contributed by atoms with Gasteiger partial charge in [0.15, 0.2) is 10.2 Å². The molecule has 126 valence electrons. The van der Waals surface area contributed by atoms with E-state index in [4.69, 9.17) is 5.73 Å². The molecule has 2 N–H and O–H groups in total. The van der Waals surface area contributed by atoms with Crippen LogP contribution < -0.4 is 5.73 Å². The van der Waals surface area contributed by atoms with Gasteiger partial charge in [-0.15, -0.1) is 10.2 Å². The Morgan fingerprint density at radius 2 is 2.00 bits per heavy atom. The molecule has 2 aromatic heterocycles. The standard InChI is InChI=1S/C15H17FN6S2/c1-9(2)7-12-18-13(8-23-15-20-19-14(17)24-15)22(21-12)11-5-3-10(16)4-6-11/h3-6,9H,7-8H2,1-2H3,(H2,17,19). The first-order valence-corrected chi connectivity index (χ1v) is 9.24. The van der Waals surface area contributed by atoms with Gasteiger partial charge in [-0.25, -0.2) is 14.1 Å². The van der Waals surface area contributed by atoms with Crippen LogP contribution in [0.4, 0.5) is 9.52 Å². The number of rotatable bonds is 6. The molecule has 9 heteroatoms. The number of anilines is 1. The largest absolute Gasteiger partial charge is 0.374 e. The Balaban J connectivity index is 1.87. The van der Waals surface area contributed by atoms with Crippen molar-refractivity contribution in [2.24, 2.45) is 5.92 Å². The highest BCUT2D eigenvalue weighted by molar-refractivity contribution is 8.00. The number of hydrogen-bond acceptors (Lipinski definition) is 7. The zero-order valence-electron chi connectivity index (χ0n) is 13.3. The quantitative estimate of drug-likeness (QED) is 0.676. The molecule has 0 aliphatic heterocycles. The van der Waals surface area contributed by atoms with Gasteiger partial charge in [0.1, 0.15) is 11.6 Å². The Hall–Kier alpha value is -2.00. The molecule has 0 bridgehead atoms. The van der Waals surface area contributed by atoms with Crippen LogP contribution in [0.25, 0.3) is 5.69 Å². The van der Waals surface area contributed by atoms with E-state index in [-0.39, 0.29) is 5.82 Å². The summed E-state index contributed by atoms with van der Waals surface area (Å²) >= 11 is 2.85. The van der Waals surface area contributed by atoms with E-state index in [0.717, 1.165) is 28.1 Å². The average Bonchev–Trinajstić information content (AvgIpc) is 3.11. The normalized spacial score (nSPS) is 11.3. The summed E-state index contributed by atoms with van der Waals surface area (Å²) in [4.78, 5) is 4.63. The van der Waals surface area contributed by atoms with Crippen LogP contribution in [0.3, 0.4) is 0 Å². The molecule has 6 nitrogen and oxygen atoms in total. The number of nitrogen functional groups attached to an aromatic ring is 1. The van der Waals surface area contributed by atoms with E-state index in [9.17, 15) is 4.39 Å². The minimum atomic E-state index is -0.276. The summed E-state index contributed by atoms with van der Waals surface area (Å²) in [7, 11) is 0. The fourth-order valence-electron chi connectivity index (χ4n) is 2.13.